The van der Waals surface area contributed by atoms with Crippen LogP contribution in [0.5, 0.6) is 5.75 Å². The Bertz CT molecular complexity index is 1470. The van der Waals surface area contributed by atoms with Crippen LogP contribution >= 0.6 is 11.6 Å². The summed E-state index contributed by atoms with van der Waals surface area (Å²) in [6, 6.07) is 15.1. The first-order chi connectivity index (χ1) is 20.2. The molecule has 1 unspecified atom stereocenters. The SMILES string of the molecule is COc1ccc(C(=O)NC2CC(C)(C)c3ccc(C(=O)N4CCC5(CC4)CCN(c4ccncc4)CC5)cc32)c(Cl)c1. The molecule has 3 aliphatic rings. The summed E-state index contributed by atoms with van der Waals surface area (Å²) < 4.78 is 5.22. The molecule has 1 spiro atoms. The molecule has 1 aromatic heterocycles. The number of hydrogen-bond acceptors (Lipinski definition) is 5. The smallest absolute Gasteiger partial charge is 0.253 e. The third-order valence-corrected chi connectivity index (χ3v) is 10.1. The fraction of sp³-hybridized carbons (Fsp3) is 0.441. The summed E-state index contributed by atoms with van der Waals surface area (Å²) >= 11 is 6.39. The van der Waals surface area contributed by atoms with Gasteiger partial charge >= 0.3 is 0 Å². The quantitative estimate of drug-likeness (QED) is 0.373. The van der Waals surface area contributed by atoms with E-state index in [1.165, 1.54) is 11.3 Å². The Kier molecular flexibility index (Phi) is 7.64. The van der Waals surface area contributed by atoms with E-state index in [0.717, 1.165) is 63.8 Å². The maximum absolute atomic E-state index is 13.7. The van der Waals surface area contributed by atoms with Gasteiger partial charge in [0.15, 0.2) is 0 Å². The van der Waals surface area contributed by atoms with Crippen LogP contribution in [0.3, 0.4) is 0 Å². The van der Waals surface area contributed by atoms with E-state index in [9.17, 15) is 9.59 Å². The van der Waals surface area contributed by atoms with Gasteiger partial charge in [-0.1, -0.05) is 31.5 Å². The van der Waals surface area contributed by atoms with Gasteiger partial charge in [0.2, 0.25) is 0 Å². The second-order valence-electron chi connectivity index (χ2n) is 12.7. The van der Waals surface area contributed by atoms with Crippen molar-refractivity contribution in [2.75, 3.05) is 38.2 Å². The van der Waals surface area contributed by atoms with Crippen LogP contribution in [-0.2, 0) is 5.41 Å². The first kappa shape index (κ1) is 28.5. The second kappa shape index (κ2) is 11.3. The number of piperidine rings is 2. The molecule has 2 saturated heterocycles. The van der Waals surface area contributed by atoms with E-state index in [-0.39, 0.29) is 23.3 Å². The lowest BCUT2D eigenvalue weighted by atomic mass is 9.71. The van der Waals surface area contributed by atoms with Gasteiger partial charge in [-0.2, -0.15) is 0 Å². The molecule has 0 saturated carbocycles. The van der Waals surface area contributed by atoms with Crippen LogP contribution in [0.4, 0.5) is 5.69 Å². The lowest BCUT2D eigenvalue weighted by molar-refractivity contribution is 0.0515. The highest BCUT2D eigenvalue weighted by atomic mass is 35.5. The summed E-state index contributed by atoms with van der Waals surface area (Å²) in [5, 5.41) is 3.54. The van der Waals surface area contributed by atoms with Crippen LogP contribution in [0.15, 0.2) is 60.9 Å². The normalized spacial score (nSPS) is 20.7. The number of halogens is 1. The number of benzene rings is 2. The molecule has 2 aromatic carbocycles. The third-order valence-electron chi connectivity index (χ3n) is 9.81. The molecule has 3 aromatic rings. The minimum absolute atomic E-state index is 0.0786. The van der Waals surface area contributed by atoms with Gasteiger partial charge < -0.3 is 19.9 Å². The fourth-order valence-electron chi connectivity index (χ4n) is 7.16. The molecule has 6 rings (SSSR count). The Morgan fingerprint density at radius 3 is 2.31 bits per heavy atom. The number of amides is 2. The van der Waals surface area contributed by atoms with Crippen molar-refractivity contribution in [1.82, 2.24) is 15.2 Å². The van der Waals surface area contributed by atoms with Crippen molar-refractivity contribution in [3.8, 4) is 5.75 Å². The molecule has 2 amide bonds. The number of nitrogens with one attached hydrogen (secondary N) is 1. The first-order valence-corrected chi connectivity index (χ1v) is 15.3. The van der Waals surface area contributed by atoms with E-state index < -0.39 is 0 Å². The van der Waals surface area contributed by atoms with Gasteiger partial charge in [0.25, 0.3) is 11.8 Å². The van der Waals surface area contributed by atoms with Gasteiger partial charge in [-0.05, 0) is 96.5 Å². The van der Waals surface area contributed by atoms with Crippen LogP contribution in [0.25, 0.3) is 0 Å². The number of carbonyl (C=O) groups is 2. The topological polar surface area (TPSA) is 74.8 Å². The van der Waals surface area contributed by atoms with E-state index in [2.05, 4.69) is 47.2 Å². The van der Waals surface area contributed by atoms with Crippen LogP contribution < -0.4 is 15.0 Å². The Morgan fingerprint density at radius 2 is 1.64 bits per heavy atom. The monoisotopic (exact) mass is 586 g/mol. The molecule has 1 aliphatic carbocycles. The number of carbonyl (C=O) groups excluding carboxylic acids is 2. The summed E-state index contributed by atoms with van der Waals surface area (Å²) in [4.78, 5) is 35.6. The number of methoxy groups -OCH3 is 1. The summed E-state index contributed by atoms with van der Waals surface area (Å²) in [7, 11) is 1.57. The maximum atomic E-state index is 13.7. The molecule has 0 radical (unpaired) electrons. The number of rotatable bonds is 5. The predicted octanol–water partition coefficient (Wildman–Crippen LogP) is 6.42. The van der Waals surface area contributed by atoms with Crippen LogP contribution in [0.1, 0.15) is 83.8 Å². The number of anilines is 1. The molecule has 2 aliphatic heterocycles. The molecular formula is C34H39ClN4O3. The number of fused-ring (bicyclic) bond motifs is 1. The van der Waals surface area contributed by atoms with Crippen molar-refractivity contribution in [2.24, 2.45) is 5.41 Å². The zero-order valence-corrected chi connectivity index (χ0v) is 25.4. The number of nitrogens with zero attached hydrogens (tertiary/aromatic N) is 3. The summed E-state index contributed by atoms with van der Waals surface area (Å²) in [6.07, 6.45) is 8.87. The average molecular weight is 587 g/mol. The van der Waals surface area contributed by atoms with E-state index in [1.807, 2.05) is 29.4 Å². The highest BCUT2D eigenvalue weighted by molar-refractivity contribution is 6.34. The van der Waals surface area contributed by atoms with Gasteiger partial charge in [-0.15, -0.1) is 0 Å². The highest BCUT2D eigenvalue weighted by Crippen LogP contribution is 2.46. The van der Waals surface area contributed by atoms with Gasteiger partial charge in [-0.3, -0.25) is 14.6 Å². The molecule has 0 bridgehead atoms. The van der Waals surface area contributed by atoms with Gasteiger partial charge in [0.05, 0.1) is 23.7 Å². The number of aromatic nitrogens is 1. The van der Waals surface area contributed by atoms with Crippen LogP contribution in [-0.4, -0.2) is 55.0 Å². The van der Waals surface area contributed by atoms with Crippen LogP contribution in [0, 0.1) is 5.41 Å². The van der Waals surface area contributed by atoms with Gasteiger partial charge in [0, 0.05) is 49.8 Å². The van der Waals surface area contributed by atoms with E-state index >= 15 is 0 Å². The van der Waals surface area contributed by atoms with Gasteiger partial charge in [-0.25, -0.2) is 0 Å². The van der Waals surface area contributed by atoms with Crippen molar-refractivity contribution in [2.45, 2.75) is 57.4 Å². The number of hydrogen-bond donors (Lipinski definition) is 1. The Balaban J connectivity index is 1.12. The van der Waals surface area contributed by atoms with E-state index in [1.54, 1.807) is 25.3 Å². The lowest BCUT2D eigenvalue weighted by Gasteiger charge is -2.47. The van der Waals surface area contributed by atoms with Crippen molar-refractivity contribution in [3.63, 3.8) is 0 Å². The molecule has 220 valence electrons. The van der Waals surface area contributed by atoms with E-state index in [4.69, 9.17) is 16.3 Å². The number of ether oxygens (including phenoxy) is 1. The molecule has 8 heteroatoms. The molecular weight excluding hydrogens is 548 g/mol. The number of likely N-dealkylation sites (tertiary alicyclic amines) is 1. The van der Waals surface area contributed by atoms with Gasteiger partial charge in [0.1, 0.15) is 5.75 Å². The fourth-order valence-corrected chi connectivity index (χ4v) is 7.42. The molecule has 1 N–H and O–H groups in total. The van der Waals surface area contributed by atoms with Crippen molar-refractivity contribution in [1.29, 1.82) is 0 Å². The summed E-state index contributed by atoms with van der Waals surface area (Å²) in [5.41, 5.74) is 4.72. The Morgan fingerprint density at radius 1 is 0.952 bits per heavy atom. The zero-order chi connectivity index (χ0) is 29.5. The maximum Gasteiger partial charge on any atom is 0.253 e. The molecule has 1 atom stereocenters. The predicted molar refractivity (Wildman–Crippen MR) is 166 cm³/mol. The summed E-state index contributed by atoms with van der Waals surface area (Å²) in [6.45, 7) is 8.04. The highest BCUT2D eigenvalue weighted by Gasteiger charge is 2.41. The standard InChI is InChI=1S/C34H39ClN4O3/c1-33(2)22-30(37-31(40)26-6-5-25(42-3)21-29(26)35)27-20-23(4-7-28(27)33)32(41)39-18-12-34(13-19-39)10-16-38(17-11-34)24-8-14-36-15-9-24/h4-9,14-15,20-21,30H,10-13,16-19,22H2,1-3H3,(H,37,40). The second-order valence-corrected chi connectivity index (χ2v) is 13.2. The summed E-state index contributed by atoms with van der Waals surface area (Å²) in [5.74, 6) is 0.449. The van der Waals surface area contributed by atoms with Crippen molar-refractivity contribution in [3.05, 3.63) is 88.2 Å². The minimum Gasteiger partial charge on any atom is -0.497 e. The molecule has 42 heavy (non-hydrogen) atoms. The number of pyridine rings is 1. The Labute approximate surface area is 253 Å². The van der Waals surface area contributed by atoms with Crippen molar-refractivity contribution >= 4 is 29.1 Å². The zero-order valence-electron chi connectivity index (χ0n) is 24.7. The lowest BCUT2D eigenvalue weighted by Crippen LogP contribution is -2.48. The third kappa shape index (κ3) is 5.47. The molecule has 7 nitrogen and oxygen atoms in total. The minimum atomic E-state index is -0.232. The Hall–Kier alpha value is -3.58. The largest absolute Gasteiger partial charge is 0.497 e. The van der Waals surface area contributed by atoms with Crippen LogP contribution in [0.2, 0.25) is 5.02 Å². The molecule has 2 fully saturated rings. The van der Waals surface area contributed by atoms with E-state index in [0.29, 0.717) is 27.3 Å². The van der Waals surface area contributed by atoms with Crippen molar-refractivity contribution < 1.29 is 14.3 Å². The first-order valence-electron chi connectivity index (χ1n) is 14.9. The molecule has 3 heterocycles. The average Bonchev–Trinajstić information content (AvgIpc) is 3.26.